The minimum absolute atomic E-state index is 0.0299. The highest BCUT2D eigenvalue weighted by Gasteiger charge is 2.30. The fraction of sp³-hybridized carbons (Fsp3) is 0.409. The van der Waals surface area contributed by atoms with Crippen LogP contribution in [-0.4, -0.2) is 44.4 Å². The van der Waals surface area contributed by atoms with Crippen LogP contribution < -0.4 is 10.1 Å². The first-order valence-electron chi connectivity index (χ1n) is 10.2. The second kappa shape index (κ2) is 10.2. The fourth-order valence-electron chi connectivity index (χ4n) is 3.60. The van der Waals surface area contributed by atoms with E-state index in [4.69, 9.17) is 0 Å². The number of piperidine rings is 1. The highest BCUT2D eigenvalue weighted by molar-refractivity contribution is 7.89. The van der Waals surface area contributed by atoms with Crippen molar-refractivity contribution in [1.82, 2.24) is 9.62 Å². The fourth-order valence-corrected chi connectivity index (χ4v) is 5.30. The van der Waals surface area contributed by atoms with Gasteiger partial charge in [0.05, 0.1) is 4.90 Å². The summed E-state index contributed by atoms with van der Waals surface area (Å²) in [5.74, 6) is -0.232. The van der Waals surface area contributed by atoms with Crippen LogP contribution in [0.5, 0.6) is 5.75 Å². The van der Waals surface area contributed by atoms with E-state index in [0.29, 0.717) is 25.1 Å². The minimum Gasteiger partial charge on any atom is -0.435 e. The molecule has 0 aromatic heterocycles. The van der Waals surface area contributed by atoms with Gasteiger partial charge in [0, 0.05) is 24.7 Å². The Bertz CT molecular complexity index is 980. The molecule has 1 saturated heterocycles. The average molecular weight is 453 g/mol. The van der Waals surface area contributed by atoms with Gasteiger partial charge in [0.15, 0.2) is 0 Å². The van der Waals surface area contributed by atoms with Crippen LogP contribution in [0.3, 0.4) is 0 Å². The summed E-state index contributed by atoms with van der Waals surface area (Å²) in [5, 5.41) is 2.77. The summed E-state index contributed by atoms with van der Waals surface area (Å²) >= 11 is 0. The van der Waals surface area contributed by atoms with E-state index in [0.717, 1.165) is 24.8 Å². The molecule has 2 aromatic carbocycles. The molecule has 0 spiro atoms. The minimum atomic E-state index is -3.57. The van der Waals surface area contributed by atoms with E-state index in [9.17, 15) is 22.0 Å². The highest BCUT2D eigenvalue weighted by Crippen LogP contribution is 2.25. The Hall–Kier alpha value is -2.52. The van der Waals surface area contributed by atoms with Crippen molar-refractivity contribution in [3.05, 3.63) is 59.7 Å². The number of alkyl halides is 2. The summed E-state index contributed by atoms with van der Waals surface area (Å²) in [7, 11) is -3.57. The molecular weight excluding hydrogens is 426 g/mol. The largest absolute Gasteiger partial charge is 0.435 e. The zero-order valence-electron chi connectivity index (χ0n) is 17.3. The summed E-state index contributed by atoms with van der Waals surface area (Å²) in [5.41, 5.74) is 1.23. The first kappa shape index (κ1) is 23.1. The van der Waals surface area contributed by atoms with Gasteiger partial charge in [-0.25, -0.2) is 8.42 Å². The molecule has 168 valence electrons. The van der Waals surface area contributed by atoms with Crippen LogP contribution in [0.25, 0.3) is 0 Å². The Morgan fingerprint density at radius 1 is 1.13 bits per heavy atom. The maximum Gasteiger partial charge on any atom is 0.387 e. The first-order valence-corrected chi connectivity index (χ1v) is 11.7. The number of amides is 1. The second-order valence-corrected chi connectivity index (χ2v) is 9.40. The van der Waals surface area contributed by atoms with Crippen molar-refractivity contribution in [1.29, 1.82) is 0 Å². The lowest BCUT2D eigenvalue weighted by molar-refractivity contribution is -0.0498. The van der Waals surface area contributed by atoms with Crippen molar-refractivity contribution in [2.75, 3.05) is 13.1 Å². The van der Waals surface area contributed by atoms with Crippen LogP contribution in [0.15, 0.2) is 53.4 Å². The number of nitrogens with one attached hydrogen (secondary N) is 1. The van der Waals surface area contributed by atoms with Crippen LogP contribution in [-0.2, 0) is 16.4 Å². The standard InChI is InChI=1S/C22H26F2N2O4S/c1-16-4-2-3-15-26(16)31(28,29)20-11-7-18(8-12-20)21(27)25-14-13-17-5-9-19(10-6-17)30-22(23)24/h5-12,16,22H,2-4,13-15H2,1H3,(H,25,27). The molecule has 1 fully saturated rings. The van der Waals surface area contributed by atoms with Gasteiger partial charge in [0.25, 0.3) is 5.91 Å². The summed E-state index contributed by atoms with van der Waals surface area (Å²) in [6, 6.07) is 12.1. The molecule has 1 N–H and O–H groups in total. The third-order valence-corrected chi connectivity index (χ3v) is 7.34. The summed E-state index contributed by atoms with van der Waals surface area (Å²) in [6.45, 7) is -0.0900. The molecule has 1 amide bonds. The lowest BCUT2D eigenvalue weighted by Gasteiger charge is -2.32. The van der Waals surface area contributed by atoms with Crippen LogP contribution >= 0.6 is 0 Å². The lowest BCUT2D eigenvalue weighted by Crippen LogP contribution is -2.41. The predicted molar refractivity (Wildman–Crippen MR) is 113 cm³/mol. The number of ether oxygens (including phenoxy) is 1. The Labute approximate surface area is 181 Å². The molecule has 9 heteroatoms. The SMILES string of the molecule is CC1CCCCN1S(=O)(=O)c1ccc(C(=O)NCCc2ccc(OC(F)F)cc2)cc1. The molecule has 1 aliphatic heterocycles. The van der Waals surface area contributed by atoms with Crippen molar-refractivity contribution in [2.24, 2.45) is 0 Å². The van der Waals surface area contributed by atoms with E-state index < -0.39 is 16.6 Å². The maximum atomic E-state index is 12.9. The van der Waals surface area contributed by atoms with Gasteiger partial charge in [-0.15, -0.1) is 0 Å². The van der Waals surface area contributed by atoms with E-state index >= 15 is 0 Å². The van der Waals surface area contributed by atoms with E-state index in [1.54, 1.807) is 12.1 Å². The first-order chi connectivity index (χ1) is 14.8. The molecule has 0 aliphatic carbocycles. The number of sulfonamides is 1. The molecule has 1 unspecified atom stereocenters. The van der Waals surface area contributed by atoms with Gasteiger partial charge in [-0.3, -0.25) is 4.79 Å². The number of nitrogens with zero attached hydrogens (tertiary/aromatic N) is 1. The van der Waals surface area contributed by atoms with Gasteiger partial charge >= 0.3 is 6.61 Å². The van der Waals surface area contributed by atoms with Gasteiger partial charge in [-0.05, 0) is 68.1 Å². The monoisotopic (exact) mass is 452 g/mol. The molecule has 0 bridgehead atoms. The number of hydrogen-bond acceptors (Lipinski definition) is 4. The zero-order chi connectivity index (χ0) is 22.4. The van der Waals surface area contributed by atoms with E-state index in [2.05, 4.69) is 10.1 Å². The molecule has 3 rings (SSSR count). The van der Waals surface area contributed by atoms with Crippen molar-refractivity contribution in [2.45, 2.75) is 50.2 Å². The smallest absolute Gasteiger partial charge is 0.387 e. The number of carbonyl (C=O) groups excluding carboxylic acids is 1. The van der Waals surface area contributed by atoms with E-state index in [-0.39, 0.29) is 22.6 Å². The Balaban J connectivity index is 1.54. The third-order valence-electron chi connectivity index (χ3n) is 5.31. The highest BCUT2D eigenvalue weighted by atomic mass is 32.2. The van der Waals surface area contributed by atoms with Crippen molar-refractivity contribution >= 4 is 15.9 Å². The van der Waals surface area contributed by atoms with Crippen molar-refractivity contribution < 1.29 is 26.7 Å². The second-order valence-electron chi connectivity index (χ2n) is 7.51. The molecule has 0 saturated carbocycles. The lowest BCUT2D eigenvalue weighted by atomic mass is 10.1. The molecule has 0 radical (unpaired) electrons. The molecule has 31 heavy (non-hydrogen) atoms. The number of benzene rings is 2. The van der Waals surface area contributed by atoms with E-state index in [1.165, 1.54) is 40.7 Å². The topological polar surface area (TPSA) is 75.7 Å². The van der Waals surface area contributed by atoms with Crippen LogP contribution in [0, 0.1) is 0 Å². The van der Waals surface area contributed by atoms with Gasteiger partial charge in [-0.2, -0.15) is 13.1 Å². The quantitative estimate of drug-likeness (QED) is 0.661. The van der Waals surface area contributed by atoms with Crippen LogP contribution in [0.1, 0.15) is 42.1 Å². The van der Waals surface area contributed by atoms with Crippen molar-refractivity contribution in [3.63, 3.8) is 0 Å². The molecule has 1 aliphatic rings. The van der Waals surface area contributed by atoms with Gasteiger partial charge in [0.1, 0.15) is 5.75 Å². The Kier molecular flexibility index (Phi) is 7.61. The third kappa shape index (κ3) is 6.01. The van der Waals surface area contributed by atoms with Gasteiger partial charge in [0.2, 0.25) is 10.0 Å². The summed E-state index contributed by atoms with van der Waals surface area (Å²) < 4.78 is 55.9. The zero-order valence-corrected chi connectivity index (χ0v) is 18.1. The molecule has 6 nitrogen and oxygen atoms in total. The molecule has 1 atom stereocenters. The normalized spacial score (nSPS) is 17.5. The Morgan fingerprint density at radius 2 is 1.81 bits per heavy atom. The predicted octanol–water partition coefficient (Wildman–Crippen LogP) is 3.82. The van der Waals surface area contributed by atoms with Crippen molar-refractivity contribution in [3.8, 4) is 5.75 Å². The van der Waals surface area contributed by atoms with Gasteiger partial charge in [-0.1, -0.05) is 18.6 Å². The van der Waals surface area contributed by atoms with Crippen LogP contribution in [0.2, 0.25) is 0 Å². The number of carbonyl (C=O) groups is 1. The Morgan fingerprint density at radius 3 is 2.42 bits per heavy atom. The summed E-state index contributed by atoms with van der Waals surface area (Å²) in [4.78, 5) is 12.5. The number of rotatable bonds is 8. The van der Waals surface area contributed by atoms with E-state index in [1.807, 2.05) is 6.92 Å². The van der Waals surface area contributed by atoms with Gasteiger partial charge < -0.3 is 10.1 Å². The summed E-state index contributed by atoms with van der Waals surface area (Å²) in [6.07, 6.45) is 3.24. The number of halogens is 2. The molecule has 1 heterocycles. The molecule has 2 aromatic rings. The van der Waals surface area contributed by atoms with Crippen LogP contribution in [0.4, 0.5) is 8.78 Å². The average Bonchev–Trinajstić information content (AvgIpc) is 2.75. The number of hydrogen-bond donors (Lipinski definition) is 1. The maximum absolute atomic E-state index is 12.9. The molecular formula is C22H26F2N2O4S.